The lowest BCUT2D eigenvalue weighted by atomic mass is 9.78. The van der Waals surface area contributed by atoms with Crippen molar-refractivity contribution in [2.45, 2.75) is 43.6 Å². The van der Waals surface area contributed by atoms with Crippen molar-refractivity contribution in [3.63, 3.8) is 0 Å². The van der Waals surface area contributed by atoms with E-state index < -0.39 is 15.3 Å². The van der Waals surface area contributed by atoms with Crippen molar-refractivity contribution >= 4 is 27.3 Å². The van der Waals surface area contributed by atoms with Crippen LogP contribution in [0.3, 0.4) is 0 Å². The van der Waals surface area contributed by atoms with Crippen LogP contribution < -0.4 is 5.32 Å². The van der Waals surface area contributed by atoms with Gasteiger partial charge in [-0.2, -0.15) is 0 Å². The fraction of sp³-hybridized carbons (Fsp3) is 0.562. The Balaban J connectivity index is 1.81. The summed E-state index contributed by atoms with van der Waals surface area (Å²) in [6.45, 7) is 0. The Morgan fingerprint density at radius 3 is 2.36 bits per heavy atom. The summed E-state index contributed by atoms with van der Waals surface area (Å²) >= 11 is 5.94. The summed E-state index contributed by atoms with van der Waals surface area (Å²) in [7, 11) is -2.99. The molecule has 6 heteroatoms. The minimum Gasteiger partial charge on any atom is -0.352 e. The smallest absolute Gasteiger partial charge is 0.230 e. The average molecular weight is 342 g/mol. The van der Waals surface area contributed by atoms with Crippen LogP contribution in [0.2, 0.25) is 5.02 Å². The maximum Gasteiger partial charge on any atom is 0.230 e. The van der Waals surface area contributed by atoms with Crippen LogP contribution in [0.4, 0.5) is 0 Å². The Morgan fingerprint density at radius 1 is 1.18 bits per heavy atom. The Bertz CT molecular complexity index is 663. The van der Waals surface area contributed by atoms with Crippen LogP contribution in [-0.4, -0.2) is 31.9 Å². The molecule has 0 aromatic heterocycles. The molecule has 0 bridgehead atoms. The Morgan fingerprint density at radius 2 is 1.82 bits per heavy atom. The van der Waals surface area contributed by atoms with E-state index in [1.54, 1.807) is 0 Å². The highest BCUT2D eigenvalue weighted by Gasteiger charge is 2.44. The molecule has 1 amide bonds. The normalized spacial score (nSPS) is 26.0. The van der Waals surface area contributed by atoms with E-state index in [4.69, 9.17) is 11.6 Å². The first-order valence-electron chi connectivity index (χ1n) is 7.69. The van der Waals surface area contributed by atoms with E-state index in [0.29, 0.717) is 11.4 Å². The predicted octanol–water partition coefficient (Wildman–Crippen LogP) is 2.46. The zero-order valence-corrected chi connectivity index (χ0v) is 13.9. The molecule has 1 aromatic rings. The van der Waals surface area contributed by atoms with Gasteiger partial charge in [-0.3, -0.25) is 4.79 Å². The van der Waals surface area contributed by atoms with E-state index in [2.05, 4.69) is 5.32 Å². The van der Waals surface area contributed by atoms with Crippen molar-refractivity contribution in [3.8, 4) is 0 Å². The fourth-order valence-electron chi connectivity index (χ4n) is 3.63. The number of hydrogen-bond donors (Lipinski definition) is 1. The van der Waals surface area contributed by atoms with E-state index in [1.165, 1.54) is 0 Å². The van der Waals surface area contributed by atoms with Gasteiger partial charge in [-0.1, -0.05) is 36.6 Å². The van der Waals surface area contributed by atoms with Crippen LogP contribution in [0.5, 0.6) is 0 Å². The molecule has 120 valence electrons. The van der Waals surface area contributed by atoms with E-state index in [1.807, 2.05) is 24.3 Å². The molecule has 1 saturated heterocycles. The first kappa shape index (κ1) is 15.8. The maximum atomic E-state index is 12.9. The van der Waals surface area contributed by atoms with Crippen LogP contribution >= 0.6 is 11.6 Å². The Labute approximate surface area is 136 Å². The van der Waals surface area contributed by atoms with Gasteiger partial charge in [-0.15, -0.1) is 0 Å². The lowest BCUT2D eigenvalue weighted by Gasteiger charge is -2.29. The van der Waals surface area contributed by atoms with Gasteiger partial charge in [0.05, 0.1) is 16.9 Å². The number of benzene rings is 1. The molecule has 1 unspecified atom stereocenters. The Kier molecular flexibility index (Phi) is 4.21. The molecule has 22 heavy (non-hydrogen) atoms. The molecular weight excluding hydrogens is 322 g/mol. The third-order valence-electron chi connectivity index (χ3n) is 4.86. The quantitative estimate of drug-likeness (QED) is 0.918. The zero-order valence-electron chi connectivity index (χ0n) is 12.3. The number of amides is 1. The summed E-state index contributed by atoms with van der Waals surface area (Å²) in [5, 5.41) is 3.63. The van der Waals surface area contributed by atoms with E-state index in [9.17, 15) is 13.2 Å². The zero-order chi connectivity index (χ0) is 15.8. The van der Waals surface area contributed by atoms with Gasteiger partial charge in [0.2, 0.25) is 5.91 Å². The van der Waals surface area contributed by atoms with E-state index in [0.717, 1.165) is 31.2 Å². The predicted molar refractivity (Wildman–Crippen MR) is 86.8 cm³/mol. The van der Waals surface area contributed by atoms with Crippen molar-refractivity contribution in [2.75, 3.05) is 11.5 Å². The number of hydrogen-bond acceptors (Lipinski definition) is 3. The molecule has 1 aliphatic carbocycles. The lowest BCUT2D eigenvalue weighted by Crippen LogP contribution is -2.47. The number of carbonyl (C=O) groups excluding carboxylic acids is 1. The number of rotatable bonds is 3. The minimum atomic E-state index is -2.99. The van der Waals surface area contributed by atoms with Crippen molar-refractivity contribution in [3.05, 3.63) is 34.9 Å². The molecule has 2 fully saturated rings. The van der Waals surface area contributed by atoms with Crippen LogP contribution in [0.25, 0.3) is 0 Å². The largest absolute Gasteiger partial charge is 0.352 e. The summed E-state index contributed by atoms with van der Waals surface area (Å²) in [6, 6.07) is 7.20. The van der Waals surface area contributed by atoms with Crippen molar-refractivity contribution < 1.29 is 13.2 Å². The topological polar surface area (TPSA) is 63.2 Å². The molecule has 4 nitrogen and oxygen atoms in total. The number of halogens is 1. The first-order chi connectivity index (χ1) is 10.4. The van der Waals surface area contributed by atoms with Gasteiger partial charge in [-0.25, -0.2) is 8.42 Å². The highest BCUT2D eigenvalue weighted by atomic mass is 35.5. The lowest BCUT2D eigenvalue weighted by molar-refractivity contribution is -0.127. The number of carbonyl (C=O) groups is 1. The van der Waals surface area contributed by atoms with Gasteiger partial charge < -0.3 is 5.32 Å². The van der Waals surface area contributed by atoms with E-state index >= 15 is 0 Å². The van der Waals surface area contributed by atoms with Gasteiger partial charge in [0, 0.05) is 11.1 Å². The number of nitrogens with one attached hydrogen (secondary N) is 1. The summed E-state index contributed by atoms with van der Waals surface area (Å²) in [5.74, 6) is 0.204. The molecule has 1 atom stereocenters. The van der Waals surface area contributed by atoms with Crippen LogP contribution in [0.15, 0.2) is 24.3 Å². The number of sulfone groups is 1. The minimum absolute atomic E-state index is 0.0329. The molecule has 1 aliphatic heterocycles. The molecule has 0 radical (unpaired) electrons. The van der Waals surface area contributed by atoms with Crippen LogP contribution in [0.1, 0.15) is 37.7 Å². The first-order valence-corrected chi connectivity index (χ1v) is 9.89. The molecule has 0 spiro atoms. The average Bonchev–Trinajstić information content (AvgIpc) is 3.07. The van der Waals surface area contributed by atoms with Crippen molar-refractivity contribution in [1.29, 1.82) is 0 Å². The van der Waals surface area contributed by atoms with Crippen LogP contribution in [-0.2, 0) is 20.0 Å². The summed E-state index contributed by atoms with van der Waals surface area (Å²) in [4.78, 5) is 12.9. The summed E-state index contributed by atoms with van der Waals surface area (Å²) in [6.07, 6.45) is 4.16. The molecule has 1 heterocycles. The third kappa shape index (κ3) is 3.01. The summed E-state index contributed by atoms with van der Waals surface area (Å²) < 4.78 is 23.1. The second kappa shape index (κ2) is 5.85. The van der Waals surface area contributed by atoms with Gasteiger partial charge >= 0.3 is 0 Å². The molecular formula is C16H20ClNO3S. The second-order valence-corrected chi connectivity index (χ2v) is 9.03. The van der Waals surface area contributed by atoms with Gasteiger partial charge in [0.1, 0.15) is 0 Å². The SMILES string of the molecule is O=C(NC1CCS(=O)(=O)C1)C1(c2ccc(Cl)cc2)CCCC1. The molecule has 1 N–H and O–H groups in total. The fourth-order valence-corrected chi connectivity index (χ4v) is 5.43. The molecule has 3 rings (SSSR count). The van der Waals surface area contributed by atoms with Gasteiger partial charge in [-0.05, 0) is 37.0 Å². The van der Waals surface area contributed by atoms with Crippen molar-refractivity contribution in [1.82, 2.24) is 5.32 Å². The maximum absolute atomic E-state index is 12.9. The monoisotopic (exact) mass is 341 g/mol. The molecule has 2 aliphatic rings. The van der Waals surface area contributed by atoms with Crippen molar-refractivity contribution in [2.24, 2.45) is 0 Å². The molecule has 1 aromatic carbocycles. The Hall–Kier alpha value is -1.07. The highest BCUT2D eigenvalue weighted by Crippen LogP contribution is 2.42. The van der Waals surface area contributed by atoms with Gasteiger partial charge in [0.25, 0.3) is 0 Å². The van der Waals surface area contributed by atoms with Gasteiger partial charge in [0.15, 0.2) is 9.84 Å². The van der Waals surface area contributed by atoms with E-state index in [-0.39, 0.29) is 23.5 Å². The summed E-state index contributed by atoms with van der Waals surface area (Å²) in [5.41, 5.74) is 0.449. The third-order valence-corrected chi connectivity index (χ3v) is 6.88. The standard InChI is InChI=1S/C16H20ClNO3S/c17-13-5-3-12(4-6-13)16(8-1-2-9-16)15(19)18-14-7-10-22(20,21)11-14/h3-6,14H,1-2,7-11H2,(H,18,19). The molecule has 1 saturated carbocycles. The second-order valence-electron chi connectivity index (χ2n) is 6.37. The highest BCUT2D eigenvalue weighted by molar-refractivity contribution is 7.91. The van der Waals surface area contributed by atoms with Crippen LogP contribution in [0, 0.1) is 0 Å².